The number of aliphatic imine (C=N–C) groups is 2. The normalized spacial score (nSPS) is 14.9. The lowest BCUT2D eigenvalue weighted by Gasteiger charge is -2.10. The Kier molecular flexibility index (Phi) is 6.14. The molecule has 2 aliphatic rings. The smallest absolute Gasteiger partial charge is 0.197 e. The first-order valence-electron chi connectivity index (χ1n) is 8.97. The maximum absolute atomic E-state index is 12.9. The summed E-state index contributed by atoms with van der Waals surface area (Å²) in [6, 6.07) is 11.3. The Morgan fingerprint density at radius 1 is 0.759 bits per heavy atom. The minimum atomic E-state index is 0. The number of anilines is 2. The average Bonchev–Trinajstić information content (AvgIpc) is 3.36. The molecule has 5 N–H and O–H groups in total. The summed E-state index contributed by atoms with van der Waals surface area (Å²) in [7, 11) is 0. The number of aromatic nitrogens is 1. The van der Waals surface area contributed by atoms with Crippen molar-refractivity contribution in [2.24, 2.45) is 9.98 Å². The lowest BCUT2D eigenvalue weighted by Crippen LogP contribution is -2.26. The van der Waals surface area contributed by atoms with Crippen LogP contribution in [0.1, 0.15) is 0 Å². The average molecular weight is 434 g/mol. The van der Waals surface area contributed by atoms with Crippen molar-refractivity contribution in [1.82, 2.24) is 15.6 Å². The number of halogens is 2. The van der Waals surface area contributed by atoms with Crippen molar-refractivity contribution < 1.29 is 0 Å². The number of pyridine rings is 1. The van der Waals surface area contributed by atoms with E-state index in [4.69, 9.17) is 0 Å². The molecule has 2 aliphatic heterocycles. The second-order valence-electron chi connectivity index (χ2n) is 6.54. The Labute approximate surface area is 179 Å². The molecule has 0 spiro atoms. The molecule has 0 atom stereocenters. The molecule has 152 valence electrons. The molecule has 2 aromatic carbocycles. The summed E-state index contributed by atoms with van der Waals surface area (Å²) in [5.74, 6) is 1.52. The van der Waals surface area contributed by atoms with Crippen LogP contribution in [0, 0.1) is 0 Å². The van der Waals surface area contributed by atoms with Crippen LogP contribution in [0.4, 0.5) is 11.4 Å². The van der Waals surface area contributed by atoms with Gasteiger partial charge >= 0.3 is 0 Å². The fourth-order valence-electron chi connectivity index (χ4n) is 3.37. The number of hydrogen-bond acceptors (Lipinski definition) is 7. The van der Waals surface area contributed by atoms with Gasteiger partial charge in [-0.25, -0.2) is 0 Å². The van der Waals surface area contributed by atoms with Crippen molar-refractivity contribution >= 4 is 69.9 Å². The van der Waals surface area contributed by atoms with Gasteiger partial charge in [-0.3, -0.25) is 14.8 Å². The van der Waals surface area contributed by atoms with Gasteiger partial charge in [0.05, 0.1) is 24.1 Å². The van der Waals surface area contributed by atoms with Crippen LogP contribution in [0.2, 0.25) is 0 Å². The first-order valence-corrected chi connectivity index (χ1v) is 8.97. The van der Waals surface area contributed by atoms with Crippen molar-refractivity contribution in [3.63, 3.8) is 0 Å². The summed E-state index contributed by atoms with van der Waals surface area (Å²) < 4.78 is 0. The van der Waals surface area contributed by atoms with Crippen LogP contribution in [-0.4, -0.2) is 43.1 Å². The summed E-state index contributed by atoms with van der Waals surface area (Å²) in [4.78, 5) is 24.9. The second-order valence-corrected chi connectivity index (χ2v) is 6.54. The first kappa shape index (κ1) is 20.8. The molecular weight excluding hydrogens is 413 g/mol. The predicted molar refractivity (Wildman–Crippen MR) is 124 cm³/mol. The fourth-order valence-corrected chi connectivity index (χ4v) is 3.37. The molecule has 0 radical (unpaired) electrons. The third-order valence-corrected chi connectivity index (χ3v) is 4.67. The summed E-state index contributed by atoms with van der Waals surface area (Å²) in [5, 5.41) is 14.2. The van der Waals surface area contributed by atoms with Gasteiger partial charge in [-0.05, 0) is 36.4 Å². The molecule has 0 saturated carbocycles. The lowest BCUT2D eigenvalue weighted by atomic mass is 10.1. The van der Waals surface area contributed by atoms with Gasteiger partial charge in [0, 0.05) is 35.2 Å². The number of H-pyrrole nitrogens is 1. The topological polar surface area (TPSA) is 106 Å². The molecule has 0 bridgehead atoms. The van der Waals surface area contributed by atoms with E-state index in [2.05, 4.69) is 36.2 Å². The molecule has 8 nitrogen and oxygen atoms in total. The van der Waals surface area contributed by atoms with E-state index in [1.807, 2.05) is 36.4 Å². The van der Waals surface area contributed by atoms with Crippen LogP contribution in [0.25, 0.3) is 21.8 Å². The highest BCUT2D eigenvalue weighted by Gasteiger charge is 2.10. The Hall–Kier alpha value is -2.97. The van der Waals surface area contributed by atoms with E-state index in [9.17, 15) is 4.79 Å². The summed E-state index contributed by atoms with van der Waals surface area (Å²) in [6.07, 6.45) is 0. The van der Waals surface area contributed by atoms with Crippen LogP contribution < -0.4 is 26.7 Å². The molecule has 0 aliphatic carbocycles. The van der Waals surface area contributed by atoms with E-state index < -0.39 is 0 Å². The van der Waals surface area contributed by atoms with Gasteiger partial charge in [0.25, 0.3) is 0 Å². The van der Waals surface area contributed by atoms with Crippen molar-refractivity contribution in [3.8, 4) is 0 Å². The number of fused-ring (bicyclic) bond motifs is 2. The molecule has 0 fully saturated rings. The van der Waals surface area contributed by atoms with Gasteiger partial charge < -0.3 is 26.3 Å². The third-order valence-electron chi connectivity index (χ3n) is 4.67. The van der Waals surface area contributed by atoms with Gasteiger partial charge in [-0.2, -0.15) is 0 Å². The Balaban J connectivity index is 0.00000120. The van der Waals surface area contributed by atoms with Gasteiger partial charge in [0.15, 0.2) is 17.3 Å². The largest absolute Gasteiger partial charge is 0.354 e. The SMILES string of the molecule is Cl.Cl.O=c1c2ccc(NC3=NCCN3)cc2[nH]c2cc(NC3=NCCN3)ccc12. The van der Waals surface area contributed by atoms with Crippen LogP contribution in [0.3, 0.4) is 0 Å². The zero-order chi connectivity index (χ0) is 18.2. The number of guanidine groups is 2. The van der Waals surface area contributed by atoms with Gasteiger partial charge in [-0.1, -0.05) is 0 Å². The maximum Gasteiger partial charge on any atom is 0.197 e. The van der Waals surface area contributed by atoms with E-state index >= 15 is 0 Å². The minimum absolute atomic E-state index is 0. The van der Waals surface area contributed by atoms with Gasteiger partial charge in [0.2, 0.25) is 0 Å². The highest BCUT2D eigenvalue weighted by Crippen LogP contribution is 2.21. The van der Waals surface area contributed by atoms with Crippen molar-refractivity contribution in [2.45, 2.75) is 0 Å². The zero-order valence-corrected chi connectivity index (χ0v) is 17.0. The molecule has 29 heavy (non-hydrogen) atoms. The number of nitrogens with zero attached hydrogens (tertiary/aromatic N) is 2. The Morgan fingerprint density at radius 2 is 1.24 bits per heavy atom. The molecule has 0 saturated heterocycles. The molecule has 5 rings (SSSR count). The Morgan fingerprint density at radius 3 is 1.66 bits per heavy atom. The fraction of sp³-hybridized carbons (Fsp3) is 0.211. The van der Waals surface area contributed by atoms with Crippen LogP contribution >= 0.6 is 24.8 Å². The van der Waals surface area contributed by atoms with E-state index in [1.165, 1.54) is 0 Å². The van der Waals surface area contributed by atoms with Crippen molar-refractivity contribution in [1.29, 1.82) is 0 Å². The molecular formula is C19H21Cl2N7O. The van der Waals surface area contributed by atoms with E-state index in [0.29, 0.717) is 10.8 Å². The minimum Gasteiger partial charge on any atom is -0.354 e. The molecule has 10 heteroatoms. The standard InChI is InChI=1S/C19H19N7O.2ClH/c27-17-13-3-1-11(24-18-20-5-6-21-18)9-15(13)26-16-10-12(2-4-14(16)17)25-19-22-7-8-23-19;;/h1-4,9-10H,5-8H2,(H,26,27)(H2,20,21,24)(H2,22,23,25);2*1H. The van der Waals surface area contributed by atoms with Crippen LogP contribution in [0.15, 0.2) is 51.2 Å². The van der Waals surface area contributed by atoms with Crippen molar-refractivity contribution in [3.05, 3.63) is 46.6 Å². The third kappa shape index (κ3) is 4.08. The second kappa shape index (κ2) is 8.59. The summed E-state index contributed by atoms with van der Waals surface area (Å²) in [5.41, 5.74) is 3.34. The maximum atomic E-state index is 12.9. The molecule has 1 aromatic heterocycles. The molecule has 0 unspecified atom stereocenters. The van der Waals surface area contributed by atoms with Gasteiger partial charge in [0.1, 0.15) is 0 Å². The van der Waals surface area contributed by atoms with E-state index in [0.717, 1.165) is 60.5 Å². The summed E-state index contributed by atoms with van der Waals surface area (Å²) >= 11 is 0. The zero-order valence-electron chi connectivity index (χ0n) is 15.4. The molecule has 3 heterocycles. The van der Waals surface area contributed by atoms with Crippen LogP contribution in [0.5, 0.6) is 0 Å². The number of aromatic amines is 1. The predicted octanol–water partition coefficient (Wildman–Crippen LogP) is 2.27. The monoisotopic (exact) mass is 433 g/mol. The van der Waals surface area contributed by atoms with Gasteiger partial charge in [-0.15, -0.1) is 24.8 Å². The number of benzene rings is 2. The lowest BCUT2D eigenvalue weighted by molar-refractivity contribution is 0.959. The highest BCUT2D eigenvalue weighted by molar-refractivity contribution is 6.00. The quantitative estimate of drug-likeness (QED) is 0.398. The van der Waals surface area contributed by atoms with E-state index in [-0.39, 0.29) is 30.2 Å². The van der Waals surface area contributed by atoms with E-state index in [1.54, 1.807) is 0 Å². The number of rotatable bonds is 2. The highest BCUT2D eigenvalue weighted by atomic mass is 35.5. The summed E-state index contributed by atoms with van der Waals surface area (Å²) in [6.45, 7) is 3.22. The number of hydrogen-bond donors (Lipinski definition) is 5. The molecule has 0 amide bonds. The van der Waals surface area contributed by atoms with Crippen LogP contribution in [-0.2, 0) is 0 Å². The van der Waals surface area contributed by atoms with Crippen molar-refractivity contribution in [2.75, 3.05) is 36.8 Å². The number of nitrogens with one attached hydrogen (secondary N) is 5. The molecule has 3 aromatic rings. The first-order chi connectivity index (χ1) is 13.3. The Bertz CT molecular complexity index is 1090.